The molecule has 0 fully saturated rings. The summed E-state index contributed by atoms with van der Waals surface area (Å²) in [5.74, 6) is 0. The number of benzene rings is 1. The SMILES string of the molecule is CC(C)Sc1cccc([N+](=O)[O-])c1. The Hall–Kier alpha value is -1.03. The molecular formula is C9H11NO2S. The smallest absolute Gasteiger partial charge is 0.258 e. The molecule has 70 valence electrons. The Balaban J connectivity index is 2.85. The fourth-order valence-corrected chi connectivity index (χ4v) is 1.83. The zero-order valence-corrected chi connectivity index (χ0v) is 8.38. The summed E-state index contributed by atoms with van der Waals surface area (Å²) in [4.78, 5) is 11.0. The Kier molecular flexibility index (Phi) is 3.31. The summed E-state index contributed by atoms with van der Waals surface area (Å²) in [6, 6.07) is 6.70. The molecule has 0 aromatic heterocycles. The van der Waals surface area contributed by atoms with Gasteiger partial charge in [-0.1, -0.05) is 19.9 Å². The minimum Gasteiger partial charge on any atom is -0.258 e. The molecule has 0 saturated carbocycles. The van der Waals surface area contributed by atoms with Crippen LogP contribution < -0.4 is 0 Å². The highest BCUT2D eigenvalue weighted by molar-refractivity contribution is 7.99. The van der Waals surface area contributed by atoms with Gasteiger partial charge in [0, 0.05) is 22.3 Å². The first-order valence-electron chi connectivity index (χ1n) is 4.00. The molecule has 0 heterocycles. The topological polar surface area (TPSA) is 43.1 Å². The highest BCUT2D eigenvalue weighted by Crippen LogP contribution is 2.25. The van der Waals surface area contributed by atoms with Crippen molar-refractivity contribution in [3.8, 4) is 0 Å². The normalized spacial score (nSPS) is 10.4. The number of rotatable bonds is 3. The zero-order chi connectivity index (χ0) is 9.84. The van der Waals surface area contributed by atoms with Crippen molar-refractivity contribution < 1.29 is 4.92 Å². The van der Waals surface area contributed by atoms with Crippen molar-refractivity contribution in [2.45, 2.75) is 24.0 Å². The monoisotopic (exact) mass is 197 g/mol. The van der Waals surface area contributed by atoms with Crippen LogP contribution in [0, 0.1) is 10.1 Å². The van der Waals surface area contributed by atoms with Crippen molar-refractivity contribution in [2.24, 2.45) is 0 Å². The van der Waals surface area contributed by atoms with Gasteiger partial charge in [0.25, 0.3) is 5.69 Å². The highest BCUT2D eigenvalue weighted by Gasteiger charge is 2.06. The van der Waals surface area contributed by atoms with Crippen molar-refractivity contribution in [1.29, 1.82) is 0 Å². The summed E-state index contributed by atoms with van der Waals surface area (Å²) in [7, 11) is 0. The molecule has 0 saturated heterocycles. The Morgan fingerprint density at radius 3 is 2.69 bits per heavy atom. The molecule has 0 bridgehead atoms. The third kappa shape index (κ3) is 3.06. The molecule has 0 aliphatic rings. The summed E-state index contributed by atoms with van der Waals surface area (Å²) in [6.45, 7) is 4.12. The van der Waals surface area contributed by atoms with Gasteiger partial charge < -0.3 is 0 Å². The summed E-state index contributed by atoms with van der Waals surface area (Å²) in [5.41, 5.74) is 0.158. The zero-order valence-electron chi connectivity index (χ0n) is 7.56. The van der Waals surface area contributed by atoms with Gasteiger partial charge in [0.1, 0.15) is 0 Å². The van der Waals surface area contributed by atoms with E-state index in [1.165, 1.54) is 6.07 Å². The average molecular weight is 197 g/mol. The number of thioether (sulfide) groups is 1. The first-order valence-corrected chi connectivity index (χ1v) is 4.88. The molecular weight excluding hydrogens is 186 g/mol. The Morgan fingerprint density at radius 1 is 1.46 bits per heavy atom. The highest BCUT2D eigenvalue weighted by atomic mass is 32.2. The predicted octanol–water partition coefficient (Wildman–Crippen LogP) is 3.10. The molecule has 3 nitrogen and oxygen atoms in total. The van der Waals surface area contributed by atoms with Crippen LogP contribution in [0.2, 0.25) is 0 Å². The lowest BCUT2D eigenvalue weighted by Crippen LogP contribution is -1.89. The van der Waals surface area contributed by atoms with E-state index in [1.54, 1.807) is 23.9 Å². The number of nitro groups is 1. The van der Waals surface area contributed by atoms with Crippen LogP contribution >= 0.6 is 11.8 Å². The van der Waals surface area contributed by atoms with Gasteiger partial charge in [-0.15, -0.1) is 11.8 Å². The van der Waals surface area contributed by atoms with Crippen LogP contribution in [0.4, 0.5) is 5.69 Å². The van der Waals surface area contributed by atoms with Crippen molar-refractivity contribution in [1.82, 2.24) is 0 Å². The van der Waals surface area contributed by atoms with Gasteiger partial charge >= 0.3 is 0 Å². The summed E-state index contributed by atoms with van der Waals surface area (Å²) in [6.07, 6.45) is 0. The maximum Gasteiger partial charge on any atom is 0.270 e. The second kappa shape index (κ2) is 4.28. The minimum atomic E-state index is -0.371. The van der Waals surface area contributed by atoms with E-state index in [9.17, 15) is 10.1 Å². The first kappa shape index (κ1) is 10.1. The Bertz CT molecular complexity index is 312. The van der Waals surface area contributed by atoms with Gasteiger partial charge in [-0.3, -0.25) is 10.1 Å². The van der Waals surface area contributed by atoms with Crippen molar-refractivity contribution in [3.63, 3.8) is 0 Å². The van der Waals surface area contributed by atoms with Crippen LogP contribution in [0.5, 0.6) is 0 Å². The third-order valence-electron chi connectivity index (χ3n) is 1.40. The first-order chi connectivity index (χ1) is 6.09. The van der Waals surface area contributed by atoms with Crippen LogP contribution in [0.1, 0.15) is 13.8 Å². The van der Waals surface area contributed by atoms with Gasteiger partial charge in [-0.05, 0) is 6.07 Å². The molecule has 4 heteroatoms. The van der Waals surface area contributed by atoms with Crippen molar-refractivity contribution >= 4 is 17.4 Å². The maximum atomic E-state index is 10.4. The average Bonchev–Trinajstić information content (AvgIpc) is 2.03. The number of non-ortho nitro benzene ring substituents is 1. The fraction of sp³-hybridized carbons (Fsp3) is 0.333. The van der Waals surface area contributed by atoms with E-state index >= 15 is 0 Å². The molecule has 0 N–H and O–H groups in total. The number of hydrogen-bond acceptors (Lipinski definition) is 3. The van der Waals surface area contributed by atoms with E-state index in [0.29, 0.717) is 5.25 Å². The van der Waals surface area contributed by atoms with Crippen LogP contribution in [0.3, 0.4) is 0 Å². The molecule has 0 aliphatic carbocycles. The van der Waals surface area contributed by atoms with Gasteiger partial charge in [0.2, 0.25) is 0 Å². The largest absolute Gasteiger partial charge is 0.270 e. The van der Waals surface area contributed by atoms with E-state index in [2.05, 4.69) is 13.8 Å². The van der Waals surface area contributed by atoms with Crippen LogP contribution in [-0.4, -0.2) is 10.2 Å². The summed E-state index contributed by atoms with van der Waals surface area (Å²) >= 11 is 1.63. The molecule has 1 rings (SSSR count). The lowest BCUT2D eigenvalue weighted by atomic mass is 10.3. The molecule has 0 atom stereocenters. The molecule has 0 unspecified atom stereocenters. The van der Waals surface area contributed by atoms with Gasteiger partial charge in [-0.2, -0.15) is 0 Å². The van der Waals surface area contributed by atoms with E-state index in [4.69, 9.17) is 0 Å². The quantitative estimate of drug-likeness (QED) is 0.425. The minimum absolute atomic E-state index is 0.158. The molecule has 0 aliphatic heterocycles. The lowest BCUT2D eigenvalue weighted by Gasteiger charge is -2.03. The lowest BCUT2D eigenvalue weighted by molar-refractivity contribution is -0.385. The third-order valence-corrected chi connectivity index (χ3v) is 2.40. The van der Waals surface area contributed by atoms with Crippen LogP contribution in [-0.2, 0) is 0 Å². The Labute approximate surface area is 81.3 Å². The van der Waals surface area contributed by atoms with E-state index in [-0.39, 0.29) is 10.6 Å². The molecule has 0 radical (unpaired) electrons. The Morgan fingerprint density at radius 2 is 2.15 bits per heavy atom. The second-order valence-electron chi connectivity index (χ2n) is 2.92. The standard InChI is InChI=1S/C9H11NO2S/c1-7(2)13-9-5-3-4-8(6-9)10(11)12/h3-7H,1-2H3. The molecule has 0 amide bonds. The molecule has 1 aromatic rings. The number of nitrogens with zero attached hydrogens (tertiary/aromatic N) is 1. The summed E-state index contributed by atoms with van der Waals surface area (Å²) < 4.78 is 0. The maximum absolute atomic E-state index is 10.4. The van der Waals surface area contributed by atoms with E-state index in [1.807, 2.05) is 6.07 Å². The second-order valence-corrected chi connectivity index (χ2v) is 4.57. The van der Waals surface area contributed by atoms with E-state index < -0.39 is 0 Å². The van der Waals surface area contributed by atoms with Crippen LogP contribution in [0.15, 0.2) is 29.2 Å². The number of nitro benzene ring substituents is 1. The molecule has 1 aromatic carbocycles. The van der Waals surface area contributed by atoms with Crippen molar-refractivity contribution in [2.75, 3.05) is 0 Å². The van der Waals surface area contributed by atoms with Crippen molar-refractivity contribution in [3.05, 3.63) is 34.4 Å². The van der Waals surface area contributed by atoms with Gasteiger partial charge in [-0.25, -0.2) is 0 Å². The molecule has 0 spiro atoms. The van der Waals surface area contributed by atoms with Crippen LogP contribution in [0.25, 0.3) is 0 Å². The fourth-order valence-electron chi connectivity index (χ4n) is 0.943. The van der Waals surface area contributed by atoms with E-state index in [0.717, 1.165) is 4.90 Å². The summed E-state index contributed by atoms with van der Waals surface area (Å²) in [5, 5.41) is 10.9. The van der Waals surface area contributed by atoms with Gasteiger partial charge in [0.05, 0.1) is 4.92 Å². The molecule has 13 heavy (non-hydrogen) atoms. The van der Waals surface area contributed by atoms with Gasteiger partial charge in [0.15, 0.2) is 0 Å². The number of hydrogen-bond donors (Lipinski definition) is 0. The predicted molar refractivity (Wildman–Crippen MR) is 54.1 cm³/mol.